The van der Waals surface area contributed by atoms with Gasteiger partial charge in [0.25, 0.3) is 0 Å². The molecule has 2 aliphatic rings. The molecule has 0 saturated carbocycles. The van der Waals surface area contributed by atoms with Gasteiger partial charge in [0, 0.05) is 17.3 Å². The highest BCUT2D eigenvalue weighted by Gasteiger charge is 2.57. The Kier molecular flexibility index (Phi) is 4.97. The van der Waals surface area contributed by atoms with E-state index in [1.165, 1.54) is 14.2 Å². The van der Waals surface area contributed by atoms with Crippen LogP contribution >= 0.6 is 0 Å². The molecule has 0 aromatic heterocycles. The zero-order valence-electron chi connectivity index (χ0n) is 16.5. The normalized spacial score (nSPS) is 23.0. The quantitative estimate of drug-likeness (QED) is 0.734. The Balaban J connectivity index is 2.00. The first-order chi connectivity index (χ1) is 14.1. The highest BCUT2D eigenvalue weighted by molar-refractivity contribution is 5.98. The van der Waals surface area contributed by atoms with Crippen molar-refractivity contribution in [3.8, 4) is 0 Å². The Morgan fingerprint density at radius 2 is 1.62 bits per heavy atom. The number of carbonyl (C=O) groups excluding carboxylic acids is 2. The SMILES string of the molecule is COC(=O)C1=CC(c2ccccc2)C2(C(=O)OC)CCC=C2N1c1ccccc1. The molecule has 148 valence electrons. The van der Waals surface area contributed by atoms with E-state index in [1.54, 1.807) is 0 Å². The minimum absolute atomic E-state index is 0.295. The number of rotatable bonds is 4. The highest BCUT2D eigenvalue weighted by Crippen LogP contribution is 2.57. The summed E-state index contributed by atoms with van der Waals surface area (Å²) in [4.78, 5) is 27.9. The number of benzene rings is 2. The molecule has 2 aromatic carbocycles. The van der Waals surface area contributed by atoms with Gasteiger partial charge in [0.15, 0.2) is 0 Å². The second-order valence-corrected chi connectivity index (χ2v) is 7.19. The molecule has 4 rings (SSSR count). The van der Waals surface area contributed by atoms with Crippen LogP contribution in [0.15, 0.2) is 84.2 Å². The lowest BCUT2D eigenvalue weighted by molar-refractivity contribution is -0.151. The molecule has 0 saturated heterocycles. The number of methoxy groups -OCH3 is 2. The Labute approximate surface area is 170 Å². The van der Waals surface area contributed by atoms with Crippen molar-refractivity contribution in [1.29, 1.82) is 0 Å². The van der Waals surface area contributed by atoms with E-state index in [0.717, 1.165) is 23.4 Å². The zero-order valence-corrected chi connectivity index (χ0v) is 16.5. The van der Waals surface area contributed by atoms with Crippen LogP contribution in [0.1, 0.15) is 24.3 Å². The standard InChI is InChI=1S/C24H23NO4/c1-28-22(26)20-16-19(17-10-5-3-6-11-17)24(23(27)29-2)15-9-14-21(24)25(20)18-12-7-4-8-13-18/h3-8,10-14,16,19H,9,15H2,1-2H3. The third-order valence-electron chi connectivity index (χ3n) is 5.79. The first-order valence-corrected chi connectivity index (χ1v) is 9.63. The maximum Gasteiger partial charge on any atom is 0.354 e. The summed E-state index contributed by atoms with van der Waals surface area (Å²) >= 11 is 0. The first-order valence-electron chi connectivity index (χ1n) is 9.63. The van der Waals surface area contributed by atoms with Gasteiger partial charge in [-0.3, -0.25) is 4.79 Å². The van der Waals surface area contributed by atoms with Crippen LogP contribution in [-0.2, 0) is 19.1 Å². The molecule has 5 nitrogen and oxygen atoms in total. The van der Waals surface area contributed by atoms with Gasteiger partial charge in [0.05, 0.1) is 14.2 Å². The Hall–Kier alpha value is -3.34. The number of nitrogens with zero attached hydrogens (tertiary/aromatic N) is 1. The molecule has 0 fully saturated rings. The topological polar surface area (TPSA) is 55.8 Å². The number of hydrogen-bond acceptors (Lipinski definition) is 5. The summed E-state index contributed by atoms with van der Waals surface area (Å²) < 4.78 is 10.4. The van der Waals surface area contributed by atoms with Crippen LogP contribution in [0, 0.1) is 5.41 Å². The van der Waals surface area contributed by atoms with Crippen molar-refractivity contribution < 1.29 is 19.1 Å². The van der Waals surface area contributed by atoms with Gasteiger partial charge in [-0.2, -0.15) is 0 Å². The minimum Gasteiger partial charge on any atom is -0.468 e. The third-order valence-corrected chi connectivity index (χ3v) is 5.79. The van der Waals surface area contributed by atoms with Crippen molar-refractivity contribution in [3.63, 3.8) is 0 Å². The second-order valence-electron chi connectivity index (χ2n) is 7.19. The number of para-hydroxylation sites is 1. The third kappa shape index (κ3) is 2.94. The van der Waals surface area contributed by atoms with E-state index in [4.69, 9.17) is 9.47 Å². The molecule has 2 unspecified atom stereocenters. The maximum atomic E-state index is 13.2. The molecule has 1 aliphatic heterocycles. The van der Waals surface area contributed by atoms with Crippen LogP contribution in [0.5, 0.6) is 0 Å². The number of carbonyl (C=O) groups is 2. The van der Waals surface area contributed by atoms with E-state index in [9.17, 15) is 9.59 Å². The van der Waals surface area contributed by atoms with Gasteiger partial charge >= 0.3 is 11.9 Å². The monoisotopic (exact) mass is 389 g/mol. The lowest BCUT2D eigenvalue weighted by Crippen LogP contribution is -2.48. The summed E-state index contributed by atoms with van der Waals surface area (Å²) in [5.74, 6) is -1.07. The molecule has 0 spiro atoms. The van der Waals surface area contributed by atoms with E-state index in [1.807, 2.05) is 77.7 Å². The van der Waals surface area contributed by atoms with E-state index < -0.39 is 11.4 Å². The summed E-state index contributed by atoms with van der Waals surface area (Å²) in [5.41, 5.74) is 2.04. The van der Waals surface area contributed by atoms with Gasteiger partial charge < -0.3 is 14.4 Å². The lowest BCUT2D eigenvalue weighted by atomic mass is 9.67. The van der Waals surface area contributed by atoms with E-state index in [0.29, 0.717) is 12.1 Å². The molecule has 0 N–H and O–H groups in total. The number of fused-ring (bicyclic) bond motifs is 1. The largest absolute Gasteiger partial charge is 0.468 e. The smallest absolute Gasteiger partial charge is 0.354 e. The number of esters is 2. The molecule has 1 heterocycles. The summed E-state index contributed by atoms with van der Waals surface area (Å²) in [6, 6.07) is 19.3. The Bertz CT molecular complexity index is 980. The van der Waals surface area contributed by atoms with Crippen LogP contribution < -0.4 is 4.90 Å². The van der Waals surface area contributed by atoms with Crippen molar-refractivity contribution in [1.82, 2.24) is 0 Å². The predicted molar refractivity (Wildman–Crippen MR) is 110 cm³/mol. The summed E-state index contributed by atoms with van der Waals surface area (Å²) in [7, 11) is 2.79. The molecule has 0 bridgehead atoms. The average Bonchev–Trinajstić information content (AvgIpc) is 3.24. The summed E-state index contributed by atoms with van der Waals surface area (Å²) in [5, 5.41) is 0. The second kappa shape index (κ2) is 7.59. The van der Waals surface area contributed by atoms with Crippen molar-refractivity contribution in [2.75, 3.05) is 19.1 Å². The Morgan fingerprint density at radius 3 is 2.24 bits per heavy atom. The predicted octanol–water partition coefficient (Wildman–Crippen LogP) is 4.18. The lowest BCUT2D eigenvalue weighted by Gasteiger charge is -2.45. The van der Waals surface area contributed by atoms with Gasteiger partial charge in [-0.25, -0.2) is 4.79 Å². The molecule has 0 radical (unpaired) electrons. The molecular formula is C24H23NO4. The fourth-order valence-corrected chi connectivity index (χ4v) is 4.53. The zero-order chi connectivity index (χ0) is 20.4. The van der Waals surface area contributed by atoms with Gasteiger partial charge in [-0.15, -0.1) is 0 Å². The molecule has 29 heavy (non-hydrogen) atoms. The summed E-state index contributed by atoms with van der Waals surface area (Å²) in [6.07, 6.45) is 5.23. The number of anilines is 1. The van der Waals surface area contributed by atoms with Gasteiger partial charge in [0.2, 0.25) is 0 Å². The van der Waals surface area contributed by atoms with Gasteiger partial charge in [-0.05, 0) is 36.6 Å². The number of ether oxygens (including phenoxy) is 2. The van der Waals surface area contributed by atoms with Gasteiger partial charge in [-0.1, -0.05) is 54.6 Å². The van der Waals surface area contributed by atoms with Crippen molar-refractivity contribution in [2.45, 2.75) is 18.8 Å². The highest BCUT2D eigenvalue weighted by atomic mass is 16.5. The first kappa shape index (κ1) is 19.0. The van der Waals surface area contributed by atoms with Crippen LogP contribution in [-0.4, -0.2) is 26.2 Å². The van der Waals surface area contributed by atoms with Gasteiger partial charge in [0.1, 0.15) is 11.1 Å². The maximum absolute atomic E-state index is 13.2. The van der Waals surface area contributed by atoms with Crippen LogP contribution in [0.4, 0.5) is 5.69 Å². The van der Waals surface area contributed by atoms with Crippen LogP contribution in [0.2, 0.25) is 0 Å². The van der Waals surface area contributed by atoms with Crippen molar-refractivity contribution in [3.05, 3.63) is 89.8 Å². The number of hydrogen-bond donors (Lipinski definition) is 0. The minimum atomic E-state index is -0.899. The van der Waals surface area contributed by atoms with E-state index >= 15 is 0 Å². The molecule has 1 aliphatic carbocycles. The number of allylic oxidation sites excluding steroid dienone is 2. The molecule has 0 amide bonds. The van der Waals surface area contributed by atoms with E-state index in [-0.39, 0.29) is 11.9 Å². The average molecular weight is 389 g/mol. The molecule has 2 atom stereocenters. The van der Waals surface area contributed by atoms with Crippen molar-refractivity contribution >= 4 is 17.6 Å². The fraction of sp³-hybridized carbons (Fsp3) is 0.250. The molecule has 2 aromatic rings. The molecular weight excluding hydrogens is 366 g/mol. The van der Waals surface area contributed by atoms with Crippen molar-refractivity contribution in [2.24, 2.45) is 5.41 Å². The summed E-state index contributed by atoms with van der Waals surface area (Å²) in [6.45, 7) is 0. The van der Waals surface area contributed by atoms with Crippen LogP contribution in [0.3, 0.4) is 0 Å². The fourth-order valence-electron chi connectivity index (χ4n) is 4.53. The van der Waals surface area contributed by atoms with E-state index in [2.05, 4.69) is 0 Å². The van der Waals surface area contributed by atoms with Crippen LogP contribution in [0.25, 0.3) is 0 Å². The Morgan fingerprint density at radius 1 is 0.966 bits per heavy atom. The molecule has 5 heteroatoms.